The summed E-state index contributed by atoms with van der Waals surface area (Å²) >= 11 is 0. The monoisotopic (exact) mass is 535 g/mol. The van der Waals surface area contributed by atoms with Crippen LogP contribution in [0.1, 0.15) is 50.2 Å². The molecule has 0 heterocycles. The number of aryl methyl sites for hydroxylation is 1. The van der Waals surface area contributed by atoms with E-state index in [1.807, 2.05) is 55.5 Å². The number of benzene rings is 3. The molecule has 0 unspecified atom stereocenters. The smallest absolute Gasteiger partial charge is 0.243 e. The van der Waals surface area contributed by atoms with Gasteiger partial charge in [0.1, 0.15) is 6.04 Å². The van der Waals surface area contributed by atoms with Crippen LogP contribution in [0.5, 0.6) is 0 Å². The summed E-state index contributed by atoms with van der Waals surface area (Å²) in [7, 11) is -2.52. The van der Waals surface area contributed by atoms with Gasteiger partial charge in [0.2, 0.25) is 21.8 Å². The lowest BCUT2D eigenvalue weighted by Crippen LogP contribution is -2.52. The van der Waals surface area contributed by atoms with Gasteiger partial charge in [-0.2, -0.15) is 4.31 Å². The normalized spacial score (nSPS) is 15.4. The van der Waals surface area contributed by atoms with Crippen LogP contribution in [0.4, 0.5) is 0 Å². The Morgan fingerprint density at radius 2 is 1.61 bits per heavy atom. The van der Waals surface area contributed by atoms with Gasteiger partial charge < -0.3 is 10.2 Å². The van der Waals surface area contributed by atoms with Crippen LogP contribution in [0.25, 0.3) is 10.8 Å². The lowest BCUT2D eigenvalue weighted by atomic mass is 9.95. The summed E-state index contributed by atoms with van der Waals surface area (Å²) in [5, 5.41) is 4.86. The first-order valence-corrected chi connectivity index (χ1v) is 14.7. The van der Waals surface area contributed by atoms with Crippen LogP contribution in [0, 0.1) is 6.92 Å². The molecule has 0 aliphatic heterocycles. The fourth-order valence-corrected chi connectivity index (χ4v) is 6.07. The first kappa shape index (κ1) is 27.8. The van der Waals surface area contributed by atoms with Gasteiger partial charge in [0.15, 0.2) is 0 Å². The van der Waals surface area contributed by atoms with Crippen LogP contribution in [-0.4, -0.2) is 55.1 Å². The number of rotatable bonds is 9. The van der Waals surface area contributed by atoms with Gasteiger partial charge >= 0.3 is 0 Å². The topological polar surface area (TPSA) is 86.8 Å². The zero-order valence-corrected chi connectivity index (χ0v) is 23.2. The predicted octanol–water partition coefficient (Wildman–Crippen LogP) is 4.63. The minimum atomic E-state index is -3.92. The van der Waals surface area contributed by atoms with Crippen LogP contribution >= 0.6 is 0 Å². The molecule has 0 saturated heterocycles. The van der Waals surface area contributed by atoms with E-state index in [0.29, 0.717) is 0 Å². The van der Waals surface area contributed by atoms with E-state index in [4.69, 9.17) is 0 Å². The van der Waals surface area contributed by atoms with Crippen molar-refractivity contribution in [3.8, 4) is 0 Å². The first-order chi connectivity index (χ1) is 18.1. The molecule has 38 heavy (non-hydrogen) atoms. The molecule has 0 bridgehead atoms. The average Bonchev–Trinajstić information content (AvgIpc) is 2.92. The van der Waals surface area contributed by atoms with Gasteiger partial charge in [0.25, 0.3) is 0 Å². The maximum atomic E-state index is 13.6. The first-order valence-electron chi connectivity index (χ1n) is 13.3. The van der Waals surface area contributed by atoms with E-state index in [1.54, 1.807) is 25.1 Å². The molecular weight excluding hydrogens is 498 g/mol. The van der Waals surface area contributed by atoms with Crippen molar-refractivity contribution in [2.75, 3.05) is 13.6 Å². The molecule has 1 aliphatic carbocycles. The second-order valence-corrected chi connectivity index (χ2v) is 12.3. The average molecular weight is 536 g/mol. The van der Waals surface area contributed by atoms with Crippen LogP contribution in [-0.2, 0) is 26.2 Å². The molecule has 202 valence electrons. The highest BCUT2D eigenvalue weighted by molar-refractivity contribution is 7.89. The summed E-state index contributed by atoms with van der Waals surface area (Å²) < 4.78 is 27.8. The molecule has 8 heteroatoms. The number of hydrogen-bond donors (Lipinski definition) is 1. The summed E-state index contributed by atoms with van der Waals surface area (Å²) in [5.74, 6) is -0.638. The Bertz CT molecular complexity index is 1380. The summed E-state index contributed by atoms with van der Waals surface area (Å²) in [6, 6.07) is 19.6. The standard InChI is InChI=1S/C30H37N3O4S/c1-22-13-15-24(16-14-22)20-33(23(2)30(35)31-27-11-5-4-6-12-27)29(34)21-32(3)38(36,37)28-18-17-25-9-7-8-10-26(25)19-28/h7-10,13-19,23,27H,4-6,11-12,20-21H2,1-3H3,(H,31,35)/t23-/m1/s1. The van der Waals surface area contributed by atoms with E-state index in [2.05, 4.69) is 5.32 Å². The Hall–Kier alpha value is -3.23. The van der Waals surface area contributed by atoms with Crippen molar-refractivity contribution in [1.82, 2.24) is 14.5 Å². The zero-order chi connectivity index (χ0) is 27.3. The third-order valence-electron chi connectivity index (χ3n) is 7.38. The van der Waals surface area contributed by atoms with Gasteiger partial charge in [-0.1, -0.05) is 79.4 Å². The number of likely N-dealkylation sites (N-methyl/N-ethyl adjacent to an activating group) is 1. The molecule has 2 amide bonds. The molecule has 0 radical (unpaired) electrons. The Morgan fingerprint density at radius 3 is 2.29 bits per heavy atom. The van der Waals surface area contributed by atoms with Crippen molar-refractivity contribution in [2.45, 2.75) is 69.5 Å². The van der Waals surface area contributed by atoms with Gasteiger partial charge in [-0.05, 0) is 55.2 Å². The number of amides is 2. The Kier molecular flexibility index (Phi) is 8.84. The molecule has 0 spiro atoms. The third-order valence-corrected chi connectivity index (χ3v) is 9.18. The molecule has 4 rings (SSSR count). The molecule has 1 saturated carbocycles. The Balaban J connectivity index is 1.53. The van der Waals surface area contributed by atoms with E-state index < -0.39 is 22.0 Å². The van der Waals surface area contributed by atoms with Gasteiger partial charge in [0, 0.05) is 19.6 Å². The largest absolute Gasteiger partial charge is 0.352 e. The molecule has 1 atom stereocenters. The Labute approximate surface area is 225 Å². The second-order valence-electron chi connectivity index (χ2n) is 10.3. The highest BCUT2D eigenvalue weighted by Gasteiger charge is 2.31. The number of carbonyl (C=O) groups is 2. The summed E-state index contributed by atoms with van der Waals surface area (Å²) in [6.45, 7) is 3.53. The molecule has 1 fully saturated rings. The van der Waals surface area contributed by atoms with Gasteiger partial charge in [0.05, 0.1) is 11.4 Å². The maximum absolute atomic E-state index is 13.6. The summed E-state index contributed by atoms with van der Waals surface area (Å²) in [5.41, 5.74) is 1.97. The van der Waals surface area contributed by atoms with Gasteiger partial charge in [-0.25, -0.2) is 8.42 Å². The second kappa shape index (κ2) is 12.1. The van der Waals surface area contributed by atoms with Crippen molar-refractivity contribution in [3.63, 3.8) is 0 Å². The molecule has 1 N–H and O–H groups in total. The van der Waals surface area contributed by atoms with Crippen LogP contribution in [0.2, 0.25) is 0 Å². The van der Waals surface area contributed by atoms with E-state index >= 15 is 0 Å². The number of fused-ring (bicyclic) bond motifs is 1. The molecule has 3 aromatic rings. The SMILES string of the molecule is Cc1ccc(CN(C(=O)CN(C)S(=O)(=O)c2ccc3ccccc3c2)[C@H](C)C(=O)NC2CCCCC2)cc1. The Morgan fingerprint density at radius 1 is 0.947 bits per heavy atom. The van der Waals surface area contributed by atoms with Gasteiger partial charge in [-0.15, -0.1) is 0 Å². The van der Waals surface area contributed by atoms with Crippen LogP contribution in [0.3, 0.4) is 0 Å². The maximum Gasteiger partial charge on any atom is 0.243 e. The summed E-state index contributed by atoms with van der Waals surface area (Å²) in [6.07, 6.45) is 5.23. The van der Waals surface area contributed by atoms with E-state index in [1.165, 1.54) is 18.4 Å². The lowest BCUT2D eigenvalue weighted by molar-refractivity contribution is -0.141. The van der Waals surface area contributed by atoms with E-state index in [0.717, 1.165) is 51.9 Å². The van der Waals surface area contributed by atoms with Crippen molar-refractivity contribution >= 4 is 32.6 Å². The number of sulfonamides is 1. The number of carbonyl (C=O) groups excluding carboxylic acids is 2. The van der Waals surface area contributed by atoms with Crippen molar-refractivity contribution in [1.29, 1.82) is 0 Å². The van der Waals surface area contributed by atoms with Gasteiger partial charge in [-0.3, -0.25) is 9.59 Å². The van der Waals surface area contributed by atoms with Crippen molar-refractivity contribution in [2.24, 2.45) is 0 Å². The van der Waals surface area contributed by atoms with Crippen LogP contribution in [0.15, 0.2) is 71.6 Å². The van der Waals surface area contributed by atoms with Crippen molar-refractivity contribution in [3.05, 3.63) is 77.9 Å². The number of nitrogens with zero attached hydrogens (tertiary/aromatic N) is 2. The summed E-state index contributed by atoms with van der Waals surface area (Å²) in [4.78, 5) is 28.4. The fraction of sp³-hybridized carbons (Fsp3) is 0.400. The molecular formula is C30H37N3O4S. The van der Waals surface area contributed by atoms with E-state index in [-0.39, 0.29) is 29.9 Å². The number of nitrogens with one attached hydrogen (secondary N) is 1. The molecule has 3 aromatic carbocycles. The number of hydrogen-bond acceptors (Lipinski definition) is 4. The fourth-order valence-electron chi connectivity index (χ4n) is 4.92. The zero-order valence-electron chi connectivity index (χ0n) is 22.4. The predicted molar refractivity (Wildman–Crippen MR) is 150 cm³/mol. The van der Waals surface area contributed by atoms with E-state index in [9.17, 15) is 18.0 Å². The molecule has 0 aromatic heterocycles. The molecule has 1 aliphatic rings. The minimum Gasteiger partial charge on any atom is -0.352 e. The third kappa shape index (κ3) is 6.60. The quantitative estimate of drug-likeness (QED) is 0.433. The highest BCUT2D eigenvalue weighted by Crippen LogP contribution is 2.22. The highest BCUT2D eigenvalue weighted by atomic mass is 32.2. The lowest BCUT2D eigenvalue weighted by Gasteiger charge is -2.32. The molecule has 7 nitrogen and oxygen atoms in total. The van der Waals surface area contributed by atoms with Crippen molar-refractivity contribution < 1.29 is 18.0 Å². The minimum absolute atomic E-state index is 0.117. The van der Waals surface area contributed by atoms with Crippen LogP contribution < -0.4 is 5.32 Å².